The van der Waals surface area contributed by atoms with Gasteiger partial charge in [-0.25, -0.2) is 14.5 Å². The summed E-state index contributed by atoms with van der Waals surface area (Å²) in [5, 5.41) is 7.69. The predicted octanol–water partition coefficient (Wildman–Crippen LogP) is 4.14. The maximum absolute atomic E-state index is 13.1. The summed E-state index contributed by atoms with van der Waals surface area (Å²) in [5.74, 6) is 2.65. The third-order valence-electron chi connectivity index (χ3n) is 6.09. The predicted molar refractivity (Wildman–Crippen MR) is 120 cm³/mol. The highest BCUT2D eigenvalue weighted by atomic mass is 16.7. The third-order valence-corrected chi connectivity index (χ3v) is 6.09. The van der Waals surface area contributed by atoms with E-state index in [1.54, 1.807) is 4.90 Å². The molecule has 1 saturated heterocycles. The highest BCUT2D eigenvalue weighted by Crippen LogP contribution is 2.46. The molecule has 3 aliphatic heterocycles. The number of rotatable bonds is 2. The first-order chi connectivity index (χ1) is 15.4. The van der Waals surface area contributed by atoms with Crippen molar-refractivity contribution < 1.29 is 14.3 Å². The van der Waals surface area contributed by atoms with E-state index in [1.165, 1.54) is 0 Å². The van der Waals surface area contributed by atoms with Gasteiger partial charge in [0.05, 0.1) is 11.7 Å². The van der Waals surface area contributed by atoms with Crippen molar-refractivity contribution in [1.82, 2.24) is 15.1 Å². The van der Waals surface area contributed by atoms with E-state index < -0.39 is 0 Å². The number of amidine groups is 1. The van der Waals surface area contributed by atoms with Crippen molar-refractivity contribution in [2.24, 2.45) is 4.99 Å². The summed E-state index contributed by atoms with van der Waals surface area (Å²) in [5.41, 5.74) is 2.55. The Morgan fingerprint density at radius 1 is 1.06 bits per heavy atom. The van der Waals surface area contributed by atoms with Crippen LogP contribution in [0.2, 0.25) is 0 Å². The lowest BCUT2D eigenvalue weighted by Crippen LogP contribution is -2.42. The van der Waals surface area contributed by atoms with Crippen LogP contribution in [0.25, 0.3) is 0 Å². The molecule has 3 aromatic rings. The lowest BCUT2D eigenvalue weighted by Gasteiger charge is -2.33. The van der Waals surface area contributed by atoms with Crippen LogP contribution in [0.15, 0.2) is 59.7 Å². The highest BCUT2D eigenvalue weighted by Gasteiger charge is 2.48. The molecule has 32 heavy (non-hydrogen) atoms. The van der Waals surface area contributed by atoms with E-state index in [1.807, 2.05) is 59.4 Å². The minimum absolute atomic E-state index is 0.178. The number of fused-ring (bicyclic) bond motifs is 3. The first-order valence-corrected chi connectivity index (χ1v) is 10.6. The number of carbonyl (C=O) groups is 1. The molecule has 0 bridgehead atoms. The fraction of sp³-hybridized carbons (Fsp3) is 0.292. The molecule has 0 aliphatic carbocycles. The number of para-hydroxylation sites is 1. The summed E-state index contributed by atoms with van der Waals surface area (Å²) in [7, 11) is 0. The van der Waals surface area contributed by atoms with Crippen LogP contribution < -0.4 is 19.7 Å². The van der Waals surface area contributed by atoms with E-state index in [0.717, 1.165) is 28.4 Å². The maximum Gasteiger partial charge on any atom is 0.328 e. The lowest BCUT2D eigenvalue weighted by molar-refractivity contribution is 0.174. The van der Waals surface area contributed by atoms with Crippen LogP contribution >= 0.6 is 0 Å². The van der Waals surface area contributed by atoms with Crippen molar-refractivity contribution >= 4 is 23.4 Å². The molecule has 4 heterocycles. The van der Waals surface area contributed by atoms with Gasteiger partial charge in [-0.2, -0.15) is 5.10 Å². The van der Waals surface area contributed by atoms with Gasteiger partial charge >= 0.3 is 6.03 Å². The number of aliphatic imine (C=N–C) groups is 1. The van der Waals surface area contributed by atoms with Crippen molar-refractivity contribution in [3.05, 3.63) is 65.9 Å². The Hall–Kier alpha value is -3.81. The number of urea groups is 1. The Bertz CT molecular complexity index is 1260. The molecule has 0 unspecified atom stereocenters. The Balaban J connectivity index is 1.56. The van der Waals surface area contributed by atoms with Crippen LogP contribution in [0, 0.1) is 0 Å². The van der Waals surface area contributed by atoms with Crippen molar-refractivity contribution in [2.75, 3.05) is 11.7 Å². The smallest absolute Gasteiger partial charge is 0.328 e. The third kappa shape index (κ3) is 2.72. The SMILES string of the molecule is CC(C)(C)n1ncc2c1N=C1NC(=O)N(c3ccccc3)[C@H]1[C@@H]2c1ccc2c(c1)OCO2. The molecular weight excluding hydrogens is 406 g/mol. The quantitative estimate of drug-likeness (QED) is 0.664. The van der Waals surface area contributed by atoms with Crippen molar-refractivity contribution in [2.45, 2.75) is 38.3 Å². The molecule has 0 saturated carbocycles. The molecule has 2 atom stereocenters. The highest BCUT2D eigenvalue weighted by molar-refractivity contribution is 6.18. The molecule has 8 heteroatoms. The molecule has 1 aromatic heterocycles. The molecule has 1 fully saturated rings. The monoisotopic (exact) mass is 429 g/mol. The van der Waals surface area contributed by atoms with Crippen molar-refractivity contribution in [3.63, 3.8) is 0 Å². The first-order valence-electron chi connectivity index (χ1n) is 10.6. The van der Waals surface area contributed by atoms with E-state index in [-0.39, 0.29) is 30.3 Å². The summed E-state index contributed by atoms with van der Waals surface area (Å²) < 4.78 is 13.1. The largest absolute Gasteiger partial charge is 0.454 e. The van der Waals surface area contributed by atoms with Crippen molar-refractivity contribution in [1.29, 1.82) is 0 Å². The Morgan fingerprint density at radius 2 is 1.84 bits per heavy atom. The Morgan fingerprint density at radius 3 is 2.62 bits per heavy atom. The van der Waals surface area contributed by atoms with Gasteiger partial charge in [0.15, 0.2) is 17.3 Å². The number of anilines is 1. The van der Waals surface area contributed by atoms with E-state index >= 15 is 0 Å². The normalized spacial score (nSPS) is 21.2. The number of carbonyl (C=O) groups excluding carboxylic acids is 1. The first kappa shape index (κ1) is 18.9. The number of hydrogen-bond acceptors (Lipinski definition) is 5. The molecule has 6 rings (SSSR count). The average molecular weight is 429 g/mol. The van der Waals surface area contributed by atoms with E-state index in [4.69, 9.17) is 14.5 Å². The van der Waals surface area contributed by atoms with Crippen molar-refractivity contribution in [3.8, 4) is 11.5 Å². The molecule has 8 nitrogen and oxygen atoms in total. The molecular formula is C24H23N5O3. The lowest BCUT2D eigenvalue weighted by atomic mass is 9.83. The summed E-state index contributed by atoms with van der Waals surface area (Å²) in [4.78, 5) is 19.8. The van der Waals surface area contributed by atoms with Gasteiger partial charge in [-0.15, -0.1) is 0 Å². The number of nitrogens with zero attached hydrogens (tertiary/aromatic N) is 4. The zero-order valence-electron chi connectivity index (χ0n) is 18.1. The second-order valence-electron chi connectivity index (χ2n) is 9.17. The summed E-state index contributed by atoms with van der Waals surface area (Å²) >= 11 is 0. The van der Waals surface area contributed by atoms with Gasteiger partial charge in [0.1, 0.15) is 11.9 Å². The number of benzene rings is 2. The zero-order valence-corrected chi connectivity index (χ0v) is 18.1. The number of amides is 2. The molecule has 2 amide bonds. The molecule has 1 N–H and O–H groups in total. The van der Waals surface area contributed by atoms with Gasteiger partial charge in [0.2, 0.25) is 6.79 Å². The van der Waals surface area contributed by atoms with E-state index in [2.05, 4.69) is 31.2 Å². The zero-order chi connectivity index (χ0) is 22.0. The van der Waals surface area contributed by atoms with Gasteiger partial charge in [-0.05, 0) is 50.6 Å². The standard InChI is InChI=1S/C24H23N5O3/c1-24(2,3)29-22-16(12-25-29)19(14-9-10-17-18(11-14)32-13-31-17)20-21(26-22)27-23(30)28(20)15-7-5-4-6-8-15/h4-12,19-20H,13H2,1-3H3,(H,26,27,30)/t19-,20+/m1/s1. The van der Waals surface area contributed by atoms with E-state index in [0.29, 0.717) is 11.6 Å². The Labute approximate surface area is 185 Å². The van der Waals surface area contributed by atoms with Crippen LogP contribution in [0.3, 0.4) is 0 Å². The van der Waals surface area contributed by atoms with Gasteiger partial charge < -0.3 is 9.47 Å². The van der Waals surface area contributed by atoms with Crippen LogP contribution in [-0.2, 0) is 5.54 Å². The minimum Gasteiger partial charge on any atom is -0.454 e. The average Bonchev–Trinajstić information content (AvgIpc) is 3.47. The molecule has 162 valence electrons. The van der Waals surface area contributed by atoms with Crippen LogP contribution in [-0.4, -0.2) is 34.5 Å². The fourth-order valence-electron chi connectivity index (χ4n) is 4.69. The van der Waals surface area contributed by atoms with Gasteiger partial charge in [0.25, 0.3) is 0 Å². The molecule has 3 aliphatic rings. The second kappa shape index (κ2) is 6.59. The molecule has 2 aromatic carbocycles. The number of ether oxygens (including phenoxy) is 2. The fourth-order valence-corrected chi connectivity index (χ4v) is 4.69. The minimum atomic E-state index is -0.324. The topological polar surface area (TPSA) is 81.0 Å². The number of nitrogens with one attached hydrogen (secondary N) is 1. The van der Waals surface area contributed by atoms with E-state index in [9.17, 15) is 4.79 Å². The van der Waals surface area contributed by atoms with Gasteiger partial charge in [-0.3, -0.25) is 10.2 Å². The van der Waals surface area contributed by atoms with Crippen LogP contribution in [0.5, 0.6) is 11.5 Å². The number of hydrogen-bond donors (Lipinski definition) is 1. The molecule has 0 radical (unpaired) electrons. The van der Waals surface area contributed by atoms with Crippen LogP contribution in [0.4, 0.5) is 16.3 Å². The van der Waals surface area contributed by atoms with Gasteiger partial charge in [-0.1, -0.05) is 24.3 Å². The van der Waals surface area contributed by atoms with Gasteiger partial charge in [0, 0.05) is 17.2 Å². The summed E-state index contributed by atoms with van der Waals surface area (Å²) in [6.07, 6.45) is 1.88. The Kier molecular flexibility index (Phi) is 3.90. The molecule has 0 spiro atoms. The number of aromatic nitrogens is 2. The van der Waals surface area contributed by atoms with Crippen LogP contribution in [0.1, 0.15) is 37.8 Å². The summed E-state index contributed by atoms with van der Waals surface area (Å²) in [6, 6.07) is 15.1. The summed E-state index contributed by atoms with van der Waals surface area (Å²) in [6.45, 7) is 6.48. The second-order valence-corrected chi connectivity index (χ2v) is 9.17. The maximum atomic E-state index is 13.1.